The van der Waals surface area contributed by atoms with Crippen LogP contribution in [0.3, 0.4) is 0 Å². The normalized spacial score (nSPS) is 29.2. The molecule has 1 aliphatic heterocycles. The number of nitrogens with one attached hydrogen (secondary N) is 1. The molecular formula is C15H21N3O. The predicted octanol–water partition coefficient (Wildman–Crippen LogP) is 1.43. The van der Waals surface area contributed by atoms with E-state index in [9.17, 15) is 4.79 Å². The van der Waals surface area contributed by atoms with Crippen molar-refractivity contribution < 1.29 is 4.79 Å². The van der Waals surface area contributed by atoms with Gasteiger partial charge in [0.05, 0.1) is 18.3 Å². The number of aromatic nitrogens is 1. The minimum atomic E-state index is 0.0289. The lowest BCUT2D eigenvalue weighted by atomic mass is 9.93. The van der Waals surface area contributed by atoms with Crippen molar-refractivity contribution >= 4 is 5.91 Å². The molecule has 2 heterocycles. The minimum Gasteiger partial charge on any atom is -0.338 e. The second kappa shape index (κ2) is 5.29. The van der Waals surface area contributed by atoms with Gasteiger partial charge < -0.3 is 10.2 Å². The van der Waals surface area contributed by atoms with Crippen LogP contribution in [-0.2, 0) is 11.3 Å². The van der Waals surface area contributed by atoms with E-state index in [1.54, 1.807) is 11.1 Å². The van der Waals surface area contributed by atoms with Gasteiger partial charge in [-0.05, 0) is 43.4 Å². The molecule has 1 saturated carbocycles. The van der Waals surface area contributed by atoms with Crippen LogP contribution in [0.25, 0.3) is 0 Å². The first-order valence-corrected chi connectivity index (χ1v) is 7.14. The van der Waals surface area contributed by atoms with Gasteiger partial charge in [0.25, 0.3) is 0 Å². The molecule has 1 aromatic rings. The second-order valence-electron chi connectivity index (χ2n) is 5.76. The van der Waals surface area contributed by atoms with E-state index in [0.29, 0.717) is 12.5 Å². The highest BCUT2D eigenvalue weighted by molar-refractivity contribution is 5.82. The number of rotatable bonds is 3. The van der Waals surface area contributed by atoms with E-state index in [1.165, 1.54) is 19.3 Å². The number of fused-ring (bicyclic) bond motifs is 1. The Kier molecular flexibility index (Phi) is 3.51. The van der Waals surface area contributed by atoms with Gasteiger partial charge >= 0.3 is 0 Å². The van der Waals surface area contributed by atoms with E-state index in [0.717, 1.165) is 18.2 Å². The van der Waals surface area contributed by atoms with Crippen molar-refractivity contribution in [2.45, 2.75) is 31.8 Å². The van der Waals surface area contributed by atoms with Gasteiger partial charge in [-0.1, -0.05) is 12.5 Å². The van der Waals surface area contributed by atoms with Crippen LogP contribution in [-0.4, -0.2) is 35.4 Å². The predicted molar refractivity (Wildman–Crippen MR) is 73.3 cm³/mol. The Bertz CT molecular complexity index is 448. The van der Waals surface area contributed by atoms with Gasteiger partial charge in [-0.25, -0.2) is 0 Å². The molecule has 0 bridgehead atoms. The summed E-state index contributed by atoms with van der Waals surface area (Å²) < 4.78 is 0. The minimum absolute atomic E-state index is 0.0289. The van der Waals surface area contributed by atoms with Gasteiger partial charge in [-0.15, -0.1) is 0 Å². The van der Waals surface area contributed by atoms with Gasteiger partial charge in [0.15, 0.2) is 0 Å². The van der Waals surface area contributed by atoms with E-state index in [4.69, 9.17) is 0 Å². The molecule has 1 amide bonds. The number of likely N-dealkylation sites (N-methyl/N-ethyl adjacent to an activating group) is 1. The fourth-order valence-corrected chi connectivity index (χ4v) is 3.51. The summed E-state index contributed by atoms with van der Waals surface area (Å²) in [4.78, 5) is 18.6. The third-order valence-corrected chi connectivity index (χ3v) is 4.51. The molecule has 2 fully saturated rings. The molecule has 3 unspecified atom stereocenters. The largest absolute Gasteiger partial charge is 0.338 e. The summed E-state index contributed by atoms with van der Waals surface area (Å²) in [6.07, 6.45) is 5.54. The average Bonchev–Trinajstić information content (AvgIpc) is 3.01. The van der Waals surface area contributed by atoms with Crippen LogP contribution < -0.4 is 5.32 Å². The lowest BCUT2D eigenvalue weighted by molar-refractivity contribution is -0.133. The molecular weight excluding hydrogens is 238 g/mol. The first-order valence-electron chi connectivity index (χ1n) is 7.14. The Balaban J connectivity index is 1.63. The summed E-state index contributed by atoms with van der Waals surface area (Å²) in [5, 5.41) is 3.41. The third-order valence-electron chi connectivity index (χ3n) is 4.51. The number of hydrogen-bond donors (Lipinski definition) is 1. The lowest BCUT2D eigenvalue weighted by Gasteiger charge is -2.24. The molecule has 1 saturated heterocycles. The molecule has 0 aromatic carbocycles. The monoisotopic (exact) mass is 259 g/mol. The van der Waals surface area contributed by atoms with E-state index >= 15 is 0 Å². The Morgan fingerprint density at radius 2 is 2.37 bits per heavy atom. The SMILES string of the molecule is CN(Cc1ccccn1)C(=O)C1NCC2CCCC21. The van der Waals surface area contributed by atoms with Crippen LogP contribution in [0.1, 0.15) is 25.0 Å². The smallest absolute Gasteiger partial charge is 0.240 e. The van der Waals surface area contributed by atoms with E-state index in [2.05, 4.69) is 10.3 Å². The number of carbonyl (C=O) groups excluding carboxylic acids is 1. The van der Waals surface area contributed by atoms with Gasteiger partial charge in [-0.3, -0.25) is 9.78 Å². The summed E-state index contributed by atoms with van der Waals surface area (Å²) in [5.41, 5.74) is 0.944. The van der Waals surface area contributed by atoms with Crippen LogP contribution in [0.5, 0.6) is 0 Å². The maximum Gasteiger partial charge on any atom is 0.240 e. The van der Waals surface area contributed by atoms with Crippen LogP contribution in [0.2, 0.25) is 0 Å². The second-order valence-corrected chi connectivity index (χ2v) is 5.76. The number of hydrogen-bond acceptors (Lipinski definition) is 3. The standard InChI is InChI=1S/C15H21N3O/c1-18(10-12-6-2-3-8-16-12)15(19)14-13-7-4-5-11(13)9-17-14/h2-3,6,8,11,13-14,17H,4-5,7,9-10H2,1H3. The van der Waals surface area contributed by atoms with Crippen molar-refractivity contribution in [2.24, 2.45) is 11.8 Å². The number of nitrogens with zero attached hydrogens (tertiary/aromatic N) is 2. The van der Waals surface area contributed by atoms with Gasteiger partial charge in [-0.2, -0.15) is 0 Å². The molecule has 1 aromatic heterocycles. The van der Waals surface area contributed by atoms with Crippen LogP contribution in [0.15, 0.2) is 24.4 Å². The highest BCUT2D eigenvalue weighted by atomic mass is 16.2. The topological polar surface area (TPSA) is 45.2 Å². The molecule has 3 rings (SSSR count). The highest BCUT2D eigenvalue weighted by Gasteiger charge is 2.43. The quantitative estimate of drug-likeness (QED) is 0.893. The van der Waals surface area contributed by atoms with Crippen molar-refractivity contribution in [2.75, 3.05) is 13.6 Å². The highest BCUT2D eigenvalue weighted by Crippen LogP contribution is 2.38. The van der Waals surface area contributed by atoms with Crippen LogP contribution >= 0.6 is 0 Å². The Labute approximate surface area is 114 Å². The zero-order chi connectivity index (χ0) is 13.2. The summed E-state index contributed by atoms with van der Waals surface area (Å²) in [6.45, 7) is 1.60. The zero-order valence-corrected chi connectivity index (χ0v) is 11.4. The van der Waals surface area contributed by atoms with E-state index in [1.807, 2.05) is 25.2 Å². The zero-order valence-electron chi connectivity index (χ0n) is 11.4. The Hall–Kier alpha value is -1.42. The third kappa shape index (κ3) is 2.50. The van der Waals surface area contributed by atoms with E-state index in [-0.39, 0.29) is 11.9 Å². The molecule has 0 radical (unpaired) electrons. The van der Waals surface area contributed by atoms with Crippen molar-refractivity contribution in [3.63, 3.8) is 0 Å². The van der Waals surface area contributed by atoms with Gasteiger partial charge in [0, 0.05) is 13.2 Å². The summed E-state index contributed by atoms with van der Waals surface area (Å²) in [7, 11) is 1.88. The number of pyridine rings is 1. The molecule has 1 N–H and O–H groups in total. The van der Waals surface area contributed by atoms with Crippen molar-refractivity contribution in [3.8, 4) is 0 Å². The average molecular weight is 259 g/mol. The van der Waals surface area contributed by atoms with Crippen molar-refractivity contribution in [1.82, 2.24) is 15.2 Å². The maximum atomic E-state index is 12.5. The molecule has 102 valence electrons. The fourth-order valence-electron chi connectivity index (χ4n) is 3.51. The van der Waals surface area contributed by atoms with Crippen molar-refractivity contribution in [1.29, 1.82) is 0 Å². The molecule has 1 aliphatic carbocycles. The van der Waals surface area contributed by atoms with Crippen molar-refractivity contribution in [3.05, 3.63) is 30.1 Å². The maximum absolute atomic E-state index is 12.5. The number of amides is 1. The van der Waals surface area contributed by atoms with Crippen LogP contribution in [0, 0.1) is 11.8 Å². The van der Waals surface area contributed by atoms with E-state index < -0.39 is 0 Å². The van der Waals surface area contributed by atoms with Gasteiger partial charge in [0.2, 0.25) is 5.91 Å². The molecule has 19 heavy (non-hydrogen) atoms. The fraction of sp³-hybridized carbons (Fsp3) is 0.600. The summed E-state index contributed by atoms with van der Waals surface area (Å²) in [6, 6.07) is 5.85. The molecule has 0 spiro atoms. The first kappa shape index (κ1) is 12.6. The molecule has 4 heteroatoms. The molecule has 2 aliphatic rings. The summed E-state index contributed by atoms with van der Waals surface area (Å²) >= 11 is 0. The lowest BCUT2D eigenvalue weighted by Crippen LogP contribution is -2.44. The van der Waals surface area contributed by atoms with Crippen LogP contribution in [0.4, 0.5) is 0 Å². The Morgan fingerprint density at radius 1 is 1.47 bits per heavy atom. The first-order chi connectivity index (χ1) is 9.25. The Morgan fingerprint density at radius 3 is 3.16 bits per heavy atom. The van der Waals surface area contributed by atoms with Gasteiger partial charge in [0.1, 0.15) is 0 Å². The molecule has 4 nitrogen and oxygen atoms in total. The summed E-state index contributed by atoms with van der Waals surface area (Å²) in [5.74, 6) is 1.50. The number of carbonyl (C=O) groups is 1. The molecule has 3 atom stereocenters.